The number of hydrogen-bond donors (Lipinski definition) is 1. The Morgan fingerprint density at radius 2 is 1.72 bits per heavy atom. The second-order valence-electron chi connectivity index (χ2n) is 6.88. The van der Waals surface area contributed by atoms with Crippen molar-refractivity contribution in [3.63, 3.8) is 0 Å². The summed E-state index contributed by atoms with van der Waals surface area (Å²) >= 11 is 6.07. The van der Waals surface area contributed by atoms with E-state index in [0.29, 0.717) is 28.5 Å². The van der Waals surface area contributed by atoms with Gasteiger partial charge in [-0.15, -0.1) is 0 Å². The standard InChI is InChI=1S/C22H23ClN4O2/c1-15-21(16(2)27(25-15)13-17-9-5-4-6-10-17)22(29)26(3)14-20(28)24-19-12-8-7-11-18(19)23/h4-12H,13-14H2,1-3H3,(H,24,28). The summed E-state index contributed by atoms with van der Waals surface area (Å²) in [6, 6.07) is 16.9. The van der Waals surface area contributed by atoms with Gasteiger partial charge in [0.1, 0.15) is 0 Å². The Bertz CT molecular complexity index is 1030. The topological polar surface area (TPSA) is 67.2 Å². The van der Waals surface area contributed by atoms with Crippen LogP contribution in [0.25, 0.3) is 0 Å². The quantitative estimate of drug-likeness (QED) is 0.669. The number of hydrogen-bond acceptors (Lipinski definition) is 3. The summed E-state index contributed by atoms with van der Waals surface area (Å²) in [7, 11) is 1.60. The fourth-order valence-corrected chi connectivity index (χ4v) is 3.33. The Kier molecular flexibility index (Phi) is 6.34. The molecule has 1 heterocycles. The Hall–Kier alpha value is -3.12. The van der Waals surface area contributed by atoms with Crippen molar-refractivity contribution in [1.82, 2.24) is 14.7 Å². The number of para-hydroxylation sites is 1. The van der Waals surface area contributed by atoms with Crippen LogP contribution in [-0.4, -0.2) is 40.1 Å². The lowest BCUT2D eigenvalue weighted by Gasteiger charge is -2.17. The number of aromatic nitrogens is 2. The van der Waals surface area contributed by atoms with E-state index in [-0.39, 0.29) is 18.4 Å². The van der Waals surface area contributed by atoms with Crippen molar-refractivity contribution in [2.75, 3.05) is 18.9 Å². The number of halogens is 1. The third kappa shape index (κ3) is 4.84. The molecule has 29 heavy (non-hydrogen) atoms. The van der Waals surface area contributed by atoms with Crippen LogP contribution in [0.3, 0.4) is 0 Å². The largest absolute Gasteiger partial charge is 0.332 e. The number of carbonyl (C=O) groups excluding carboxylic acids is 2. The molecule has 0 atom stereocenters. The van der Waals surface area contributed by atoms with Crippen molar-refractivity contribution < 1.29 is 9.59 Å². The highest BCUT2D eigenvalue weighted by Gasteiger charge is 2.23. The molecule has 7 heteroatoms. The minimum Gasteiger partial charge on any atom is -0.332 e. The Morgan fingerprint density at radius 3 is 2.41 bits per heavy atom. The predicted octanol–water partition coefficient (Wildman–Crippen LogP) is 3.91. The van der Waals surface area contributed by atoms with Gasteiger partial charge in [-0.05, 0) is 31.5 Å². The van der Waals surface area contributed by atoms with Gasteiger partial charge in [0.15, 0.2) is 0 Å². The van der Waals surface area contributed by atoms with Crippen molar-refractivity contribution >= 4 is 29.1 Å². The molecule has 0 saturated heterocycles. The molecule has 0 saturated carbocycles. The lowest BCUT2D eigenvalue weighted by Crippen LogP contribution is -2.35. The minimum atomic E-state index is -0.319. The van der Waals surface area contributed by atoms with Gasteiger partial charge < -0.3 is 10.2 Å². The van der Waals surface area contributed by atoms with Gasteiger partial charge in [0.25, 0.3) is 5.91 Å². The molecule has 6 nitrogen and oxygen atoms in total. The maximum Gasteiger partial charge on any atom is 0.257 e. The average molecular weight is 411 g/mol. The molecule has 150 valence electrons. The lowest BCUT2D eigenvalue weighted by atomic mass is 10.1. The second kappa shape index (κ2) is 8.92. The summed E-state index contributed by atoms with van der Waals surface area (Å²) in [6.45, 7) is 4.16. The molecule has 0 bridgehead atoms. The van der Waals surface area contributed by atoms with Gasteiger partial charge in [-0.25, -0.2) is 0 Å². The van der Waals surface area contributed by atoms with E-state index in [2.05, 4.69) is 10.4 Å². The number of nitrogens with one attached hydrogen (secondary N) is 1. The summed E-state index contributed by atoms with van der Waals surface area (Å²) in [4.78, 5) is 26.7. The molecule has 0 radical (unpaired) electrons. The van der Waals surface area contributed by atoms with E-state index in [0.717, 1.165) is 11.3 Å². The highest BCUT2D eigenvalue weighted by Crippen LogP contribution is 2.21. The molecular weight excluding hydrogens is 388 g/mol. The van der Waals surface area contributed by atoms with E-state index in [1.54, 1.807) is 38.2 Å². The number of amides is 2. The van der Waals surface area contributed by atoms with Crippen molar-refractivity contribution in [3.8, 4) is 0 Å². The van der Waals surface area contributed by atoms with Crippen LogP contribution in [0.5, 0.6) is 0 Å². The molecule has 2 amide bonds. The summed E-state index contributed by atoms with van der Waals surface area (Å²) in [5.41, 5.74) is 3.55. The maximum absolute atomic E-state index is 13.0. The third-order valence-electron chi connectivity index (χ3n) is 4.65. The Morgan fingerprint density at radius 1 is 1.07 bits per heavy atom. The highest BCUT2D eigenvalue weighted by atomic mass is 35.5. The summed E-state index contributed by atoms with van der Waals surface area (Å²) in [5.74, 6) is -0.561. The van der Waals surface area contributed by atoms with E-state index in [1.807, 2.05) is 41.9 Å². The maximum atomic E-state index is 13.0. The molecule has 0 aliphatic heterocycles. The lowest BCUT2D eigenvalue weighted by molar-refractivity contribution is -0.116. The molecule has 1 aromatic heterocycles. The van der Waals surface area contributed by atoms with Crippen LogP contribution in [-0.2, 0) is 11.3 Å². The number of carbonyl (C=O) groups is 2. The zero-order valence-corrected chi connectivity index (χ0v) is 17.4. The number of nitrogens with zero attached hydrogens (tertiary/aromatic N) is 3. The summed E-state index contributed by atoms with van der Waals surface area (Å²) in [5, 5.41) is 7.70. The molecule has 0 fully saturated rings. The summed E-state index contributed by atoms with van der Waals surface area (Å²) in [6.07, 6.45) is 0. The van der Waals surface area contributed by atoms with Crippen LogP contribution in [0.2, 0.25) is 5.02 Å². The van der Waals surface area contributed by atoms with Crippen LogP contribution in [0.1, 0.15) is 27.3 Å². The van der Waals surface area contributed by atoms with Gasteiger partial charge in [-0.3, -0.25) is 14.3 Å². The molecule has 1 N–H and O–H groups in total. The van der Waals surface area contributed by atoms with Gasteiger partial charge in [0.05, 0.1) is 35.1 Å². The van der Waals surface area contributed by atoms with Gasteiger partial charge >= 0.3 is 0 Å². The normalized spacial score (nSPS) is 10.6. The van der Waals surface area contributed by atoms with Gasteiger partial charge in [0.2, 0.25) is 5.91 Å². The van der Waals surface area contributed by atoms with Gasteiger partial charge in [0, 0.05) is 12.7 Å². The number of benzene rings is 2. The minimum absolute atomic E-state index is 0.0905. The van der Waals surface area contributed by atoms with E-state index in [9.17, 15) is 9.59 Å². The van der Waals surface area contributed by atoms with Crippen molar-refractivity contribution in [3.05, 3.63) is 82.1 Å². The Labute approximate surface area is 175 Å². The second-order valence-corrected chi connectivity index (χ2v) is 7.29. The molecule has 0 spiro atoms. The number of rotatable bonds is 6. The van der Waals surface area contributed by atoms with Crippen LogP contribution in [0.4, 0.5) is 5.69 Å². The fraction of sp³-hybridized carbons (Fsp3) is 0.227. The molecule has 2 aromatic carbocycles. The molecule has 0 aliphatic rings. The smallest absolute Gasteiger partial charge is 0.257 e. The SMILES string of the molecule is Cc1nn(Cc2ccccc2)c(C)c1C(=O)N(C)CC(=O)Nc1ccccc1Cl. The zero-order valence-electron chi connectivity index (χ0n) is 16.6. The predicted molar refractivity (Wildman–Crippen MR) is 114 cm³/mol. The first-order valence-electron chi connectivity index (χ1n) is 9.24. The average Bonchev–Trinajstić information content (AvgIpc) is 2.97. The van der Waals surface area contributed by atoms with E-state index in [1.165, 1.54) is 4.90 Å². The van der Waals surface area contributed by atoms with Gasteiger partial charge in [-0.2, -0.15) is 5.10 Å². The van der Waals surface area contributed by atoms with Crippen molar-refractivity contribution in [1.29, 1.82) is 0 Å². The number of likely N-dealkylation sites (N-methyl/N-ethyl adjacent to an activating group) is 1. The van der Waals surface area contributed by atoms with E-state index in [4.69, 9.17) is 11.6 Å². The number of anilines is 1. The Balaban J connectivity index is 1.71. The number of aryl methyl sites for hydroxylation is 1. The molecule has 0 aliphatic carbocycles. The first kappa shape index (κ1) is 20.6. The zero-order chi connectivity index (χ0) is 21.0. The van der Waals surface area contributed by atoms with Crippen LogP contribution < -0.4 is 5.32 Å². The van der Waals surface area contributed by atoms with E-state index < -0.39 is 0 Å². The fourth-order valence-electron chi connectivity index (χ4n) is 3.15. The van der Waals surface area contributed by atoms with Crippen LogP contribution in [0.15, 0.2) is 54.6 Å². The third-order valence-corrected chi connectivity index (χ3v) is 4.98. The van der Waals surface area contributed by atoms with Crippen LogP contribution in [0, 0.1) is 13.8 Å². The first-order chi connectivity index (χ1) is 13.9. The molecule has 0 unspecified atom stereocenters. The van der Waals surface area contributed by atoms with Gasteiger partial charge in [-0.1, -0.05) is 54.1 Å². The first-order valence-corrected chi connectivity index (χ1v) is 9.62. The highest BCUT2D eigenvalue weighted by molar-refractivity contribution is 6.33. The van der Waals surface area contributed by atoms with E-state index >= 15 is 0 Å². The monoisotopic (exact) mass is 410 g/mol. The molecule has 3 aromatic rings. The van der Waals surface area contributed by atoms with Crippen LogP contribution >= 0.6 is 11.6 Å². The van der Waals surface area contributed by atoms with Crippen molar-refractivity contribution in [2.45, 2.75) is 20.4 Å². The molecular formula is C22H23ClN4O2. The summed E-state index contributed by atoms with van der Waals surface area (Å²) < 4.78 is 1.82. The molecule has 3 rings (SSSR count). The van der Waals surface area contributed by atoms with Crippen molar-refractivity contribution in [2.24, 2.45) is 0 Å².